The Morgan fingerprint density at radius 1 is 1.30 bits per heavy atom. The quantitative estimate of drug-likeness (QED) is 0.753. The maximum Gasteiger partial charge on any atom is 0.158 e. The summed E-state index contributed by atoms with van der Waals surface area (Å²) < 4.78 is 5.17. The lowest BCUT2D eigenvalue weighted by atomic mass is 10.2. The van der Waals surface area contributed by atoms with E-state index in [0.29, 0.717) is 12.6 Å². The summed E-state index contributed by atoms with van der Waals surface area (Å²) in [6, 6.07) is 2.49. The summed E-state index contributed by atoms with van der Waals surface area (Å²) in [5.41, 5.74) is 0. The Morgan fingerprint density at radius 3 is 2.60 bits per heavy atom. The van der Waals surface area contributed by atoms with Gasteiger partial charge in [0.2, 0.25) is 0 Å². The second kappa shape index (κ2) is 8.74. The van der Waals surface area contributed by atoms with Gasteiger partial charge in [0.05, 0.1) is 0 Å². The van der Waals surface area contributed by atoms with Gasteiger partial charge in [-0.15, -0.1) is 0 Å². The van der Waals surface area contributed by atoms with Crippen molar-refractivity contribution in [3.05, 3.63) is 11.9 Å². The maximum absolute atomic E-state index is 5.17. The first-order valence-corrected chi connectivity index (χ1v) is 7.53. The molecule has 1 aromatic rings. The number of anilines is 2. The molecule has 20 heavy (non-hydrogen) atoms. The molecule has 0 aliphatic heterocycles. The van der Waals surface area contributed by atoms with Crippen LogP contribution in [0.5, 0.6) is 0 Å². The molecule has 5 heteroatoms. The Bertz CT molecular complexity index is 397. The third-order valence-corrected chi connectivity index (χ3v) is 3.35. The van der Waals surface area contributed by atoms with Crippen LogP contribution in [-0.2, 0) is 11.3 Å². The molecule has 0 bridgehead atoms. The van der Waals surface area contributed by atoms with E-state index in [1.54, 1.807) is 7.11 Å². The van der Waals surface area contributed by atoms with E-state index in [2.05, 4.69) is 47.9 Å². The Kier molecular flexibility index (Phi) is 7.30. The van der Waals surface area contributed by atoms with E-state index in [-0.39, 0.29) is 0 Å². The summed E-state index contributed by atoms with van der Waals surface area (Å²) in [4.78, 5) is 11.4. The van der Waals surface area contributed by atoms with Gasteiger partial charge < -0.3 is 15.0 Å². The molecule has 1 atom stereocenters. The van der Waals surface area contributed by atoms with Gasteiger partial charge >= 0.3 is 0 Å². The normalized spacial score (nSPS) is 12.2. The van der Waals surface area contributed by atoms with Gasteiger partial charge in [0.25, 0.3) is 0 Å². The van der Waals surface area contributed by atoms with Crippen LogP contribution in [0.3, 0.4) is 0 Å². The zero-order valence-electron chi connectivity index (χ0n) is 13.4. The first-order chi connectivity index (χ1) is 9.65. The van der Waals surface area contributed by atoms with Crippen molar-refractivity contribution >= 4 is 11.6 Å². The van der Waals surface area contributed by atoms with Gasteiger partial charge in [-0.05, 0) is 26.7 Å². The SMILES string of the molecule is CCCNc1cc(N(CC)C(C)CC)nc(COC)n1. The van der Waals surface area contributed by atoms with E-state index in [1.165, 1.54) is 0 Å². The zero-order valence-corrected chi connectivity index (χ0v) is 13.4. The predicted octanol–water partition coefficient (Wildman–Crippen LogP) is 3.07. The van der Waals surface area contributed by atoms with E-state index in [4.69, 9.17) is 4.74 Å². The Balaban J connectivity index is 3.05. The van der Waals surface area contributed by atoms with Crippen LogP contribution < -0.4 is 10.2 Å². The molecule has 0 spiro atoms. The van der Waals surface area contributed by atoms with Gasteiger partial charge in [-0.3, -0.25) is 0 Å². The average molecular weight is 280 g/mol. The van der Waals surface area contributed by atoms with Gasteiger partial charge in [-0.1, -0.05) is 13.8 Å². The van der Waals surface area contributed by atoms with Crippen molar-refractivity contribution in [2.75, 3.05) is 30.4 Å². The number of hydrogen-bond donors (Lipinski definition) is 1. The number of rotatable bonds is 9. The van der Waals surface area contributed by atoms with Crippen LogP contribution >= 0.6 is 0 Å². The fourth-order valence-corrected chi connectivity index (χ4v) is 2.09. The van der Waals surface area contributed by atoms with Crippen molar-refractivity contribution in [3.8, 4) is 0 Å². The molecule has 1 unspecified atom stereocenters. The number of hydrogen-bond acceptors (Lipinski definition) is 5. The van der Waals surface area contributed by atoms with Crippen molar-refractivity contribution in [1.29, 1.82) is 0 Å². The Labute approximate surface area is 122 Å². The zero-order chi connectivity index (χ0) is 15.0. The molecule has 114 valence electrons. The van der Waals surface area contributed by atoms with Gasteiger partial charge in [0.1, 0.15) is 18.2 Å². The van der Waals surface area contributed by atoms with Crippen LogP contribution in [0, 0.1) is 0 Å². The first-order valence-electron chi connectivity index (χ1n) is 7.53. The Morgan fingerprint density at radius 2 is 2.05 bits per heavy atom. The summed E-state index contributed by atoms with van der Waals surface area (Å²) in [7, 11) is 1.67. The van der Waals surface area contributed by atoms with Crippen molar-refractivity contribution in [1.82, 2.24) is 9.97 Å². The molecule has 1 heterocycles. The monoisotopic (exact) mass is 280 g/mol. The van der Waals surface area contributed by atoms with Crippen molar-refractivity contribution in [2.24, 2.45) is 0 Å². The molecule has 0 aromatic carbocycles. The van der Waals surface area contributed by atoms with E-state index in [0.717, 1.165) is 43.4 Å². The van der Waals surface area contributed by atoms with Crippen molar-refractivity contribution in [3.63, 3.8) is 0 Å². The van der Waals surface area contributed by atoms with E-state index in [1.807, 2.05) is 6.07 Å². The molecule has 1 rings (SSSR count). The van der Waals surface area contributed by atoms with Crippen molar-refractivity contribution in [2.45, 2.75) is 53.2 Å². The molecule has 0 amide bonds. The van der Waals surface area contributed by atoms with Crippen LogP contribution in [0.1, 0.15) is 46.4 Å². The summed E-state index contributed by atoms with van der Waals surface area (Å²) >= 11 is 0. The van der Waals surface area contributed by atoms with Crippen LogP contribution in [0.4, 0.5) is 11.6 Å². The predicted molar refractivity (Wildman–Crippen MR) is 84.3 cm³/mol. The summed E-state index contributed by atoms with van der Waals surface area (Å²) in [6.07, 6.45) is 2.16. The van der Waals surface area contributed by atoms with E-state index in [9.17, 15) is 0 Å². The summed E-state index contributed by atoms with van der Waals surface area (Å²) in [6.45, 7) is 11.0. The molecule has 0 radical (unpaired) electrons. The summed E-state index contributed by atoms with van der Waals surface area (Å²) in [5, 5.41) is 3.34. The van der Waals surface area contributed by atoms with Gasteiger partial charge in [0.15, 0.2) is 5.82 Å². The summed E-state index contributed by atoms with van der Waals surface area (Å²) in [5.74, 6) is 2.58. The van der Waals surface area contributed by atoms with Crippen LogP contribution in [0.25, 0.3) is 0 Å². The molecule has 0 fully saturated rings. The van der Waals surface area contributed by atoms with Gasteiger partial charge in [0, 0.05) is 32.3 Å². The largest absolute Gasteiger partial charge is 0.377 e. The molecule has 0 aliphatic carbocycles. The molecule has 1 N–H and O–H groups in total. The molecular weight excluding hydrogens is 252 g/mol. The molecule has 0 aliphatic rings. The van der Waals surface area contributed by atoms with Crippen LogP contribution in [-0.4, -0.2) is 36.2 Å². The van der Waals surface area contributed by atoms with E-state index < -0.39 is 0 Å². The third kappa shape index (κ3) is 4.63. The van der Waals surface area contributed by atoms with Crippen LogP contribution in [0.2, 0.25) is 0 Å². The van der Waals surface area contributed by atoms with Gasteiger partial charge in [-0.2, -0.15) is 0 Å². The van der Waals surface area contributed by atoms with Gasteiger partial charge in [-0.25, -0.2) is 9.97 Å². The topological polar surface area (TPSA) is 50.3 Å². The number of ether oxygens (including phenoxy) is 1. The molecule has 5 nitrogen and oxygen atoms in total. The molecule has 0 saturated heterocycles. The minimum Gasteiger partial charge on any atom is -0.377 e. The van der Waals surface area contributed by atoms with E-state index >= 15 is 0 Å². The minimum atomic E-state index is 0.437. The third-order valence-electron chi connectivity index (χ3n) is 3.35. The fourth-order valence-electron chi connectivity index (χ4n) is 2.09. The Hall–Kier alpha value is -1.36. The fraction of sp³-hybridized carbons (Fsp3) is 0.733. The highest BCUT2D eigenvalue weighted by Crippen LogP contribution is 2.19. The van der Waals surface area contributed by atoms with Crippen molar-refractivity contribution < 1.29 is 4.74 Å². The smallest absolute Gasteiger partial charge is 0.158 e. The van der Waals surface area contributed by atoms with Crippen LogP contribution in [0.15, 0.2) is 6.07 Å². The lowest BCUT2D eigenvalue weighted by Crippen LogP contribution is -2.33. The number of aromatic nitrogens is 2. The second-order valence-corrected chi connectivity index (χ2v) is 4.93. The average Bonchev–Trinajstić information content (AvgIpc) is 2.46. The minimum absolute atomic E-state index is 0.437. The standard InChI is InChI=1S/C15H28N4O/c1-6-9-16-13-10-15(18-14(17-13)11-20-5)19(8-3)12(4)7-2/h10,12H,6-9,11H2,1-5H3,(H,16,17,18). The number of methoxy groups -OCH3 is 1. The highest BCUT2D eigenvalue weighted by atomic mass is 16.5. The first kappa shape index (κ1) is 16.7. The molecule has 0 saturated carbocycles. The highest BCUT2D eigenvalue weighted by molar-refractivity contribution is 5.50. The maximum atomic E-state index is 5.17. The highest BCUT2D eigenvalue weighted by Gasteiger charge is 2.15. The molecular formula is C15H28N4O. The number of nitrogens with one attached hydrogen (secondary N) is 1. The second-order valence-electron chi connectivity index (χ2n) is 4.93. The number of nitrogens with zero attached hydrogens (tertiary/aromatic N) is 3. The molecule has 1 aromatic heterocycles. The lowest BCUT2D eigenvalue weighted by molar-refractivity contribution is 0.178. The lowest BCUT2D eigenvalue weighted by Gasteiger charge is -2.29.